The van der Waals surface area contributed by atoms with Crippen molar-refractivity contribution in [3.05, 3.63) is 12.7 Å². The first-order valence-corrected chi connectivity index (χ1v) is 3.68. The van der Waals surface area contributed by atoms with Gasteiger partial charge in [0.15, 0.2) is 6.10 Å². The molecule has 1 N–H and O–H groups in total. The predicted octanol–water partition coefficient (Wildman–Crippen LogP) is 0.877. The normalized spacial score (nSPS) is 12.2. The van der Waals surface area contributed by atoms with Crippen LogP contribution < -0.4 is 0 Å². The third kappa shape index (κ3) is 4.56. The molecule has 0 bridgehead atoms. The van der Waals surface area contributed by atoms with E-state index in [1.165, 1.54) is 0 Å². The summed E-state index contributed by atoms with van der Waals surface area (Å²) < 4.78 is 4.58. The molecule has 64 valence electrons. The fourth-order valence-electron chi connectivity index (χ4n) is 0.632. The molecule has 0 saturated heterocycles. The van der Waals surface area contributed by atoms with Gasteiger partial charge in [0.05, 0.1) is 6.61 Å². The Labute approximate surface area is 66.7 Å². The topological polar surface area (TPSA) is 46.5 Å². The van der Waals surface area contributed by atoms with E-state index < -0.39 is 12.1 Å². The first-order chi connectivity index (χ1) is 5.22. The first kappa shape index (κ1) is 10.2. The van der Waals surface area contributed by atoms with Gasteiger partial charge in [0.2, 0.25) is 0 Å². The number of aliphatic hydroxyl groups excluding tert-OH is 1. The van der Waals surface area contributed by atoms with E-state index in [4.69, 9.17) is 5.11 Å². The molecule has 0 aliphatic carbocycles. The highest BCUT2D eigenvalue weighted by Crippen LogP contribution is 1.99. The van der Waals surface area contributed by atoms with Crippen LogP contribution in [0, 0.1) is 0 Å². The minimum absolute atomic E-state index is 0.310. The van der Waals surface area contributed by atoms with Gasteiger partial charge in [-0.1, -0.05) is 6.08 Å². The molecule has 0 aliphatic rings. The van der Waals surface area contributed by atoms with Crippen molar-refractivity contribution in [1.29, 1.82) is 0 Å². The average Bonchev–Trinajstić information content (AvgIpc) is 2.00. The smallest absolute Gasteiger partial charge is 0.334 e. The van der Waals surface area contributed by atoms with E-state index in [1.807, 2.05) is 0 Å². The average molecular weight is 158 g/mol. The number of hydrogen-bond acceptors (Lipinski definition) is 3. The van der Waals surface area contributed by atoms with Crippen molar-refractivity contribution < 1.29 is 14.6 Å². The van der Waals surface area contributed by atoms with Crippen LogP contribution in [-0.2, 0) is 9.53 Å². The number of ether oxygens (including phenoxy) is 1. The molecule has 1 atom stereocenters. The number of allylic oxidation sites excluding steroid dienone is 1. The van der Waals surface area contributed by atoms with Crippen LogP contribution in [-0.4, -0.2) is 23.8 Å². The van der Waals surface area contributed by atoms with Crippen LogP contribution in [0.4, 0.5) is 0 Å². The summed E-state index contributed by atoms with van der Waals surface area (Å²) >= 11 is 0. The van der Waals surface area contributed by atoms with Crippen LogP contribution in [0.2, 0.25) is 0 Å². The number of rotatable bonds is 5. The molecular formula is C8H14O3. The lowest BCUT2D eigenvalue weighted by Crippen LogP contribution is -2.22. The van der Waals surface area contributed by atoms with Crippen LogP contribution in [0.5, 0.6) is 0 Å². The number of esters is 1. The molecule has 0 aromatic heterocycles. The molecule has 0 aromatic carbocycles. The van der Waals surface area contributed by atoms with Gasteiger partial charge in [-0.25, -0.2) is 4.79 Å². The Morgan fingerprint density at radius 1 is 1.82 bits per heavy atom. The molecular weight excluding hydrogens is 144 g/mol. The van der Waals surface area contributed by atoms with Crippen molar-refractivity contribution in [1.82, 2.24) is 0 Å². The number of aliphatic hydroxyl groups is 1. The molecule has 11 heavy (non-hydrogen) atoms. The maximum atomic E-state index is 10.7. The van der Waals surface area contributed by atoms with E-state index in [0.29, 0.717) is 19.4 Å². The van der Waals surface area contributed by atoms with Crippen LogP contribution in [0.3, 0.4) is 0 Å². The summed E-state index contributed by atoms with van der Waals surface area (Å²) in [5, 5.41) is 9.06. The summed E-state index contributed by atoms with van der Waals surface area (Å²) in [6.07, 6.45) is 1.68. The maximum absolute atomic E-state index is 10.7. The fraction of sp³-hybridized carbons (Fsp3) is 0.625. The van der Waals surface area contributed by atoms with Gasteiger partial charge < -0.3 is 9.84 Å². The minimum atomic E-state index is -0.993. The second-order valence-electron chi connectivity index (χ2n) is 2.13. The van der Waals surface area contributed by atoms with Crippen LogP contribution in [0.25, 0.3) is 0 Å². The van der Waals surface area contributed by atoms with Gasteiger partial charge >= 0.3 is 5.97 Å². The van der Waals surface area contributed by atoms with Crippen molar-refractivity contribution in [3.63, 3.8) is 0 Å². The summed E-state index contributed by atoms with van der Waals surface area (Å²) in [5.74, 6) is -0.547. The highest BCUT2D eigenvalue weighted by molar-refractivity contribution is 5.74. The largest absolute Gasteiger partial charge is 0.464 e. The molecule has 1 unspecified atom stereocenters. The van der Waals surface area contributed by atoms with Crippen molar-refractivity contribution in [2.24, 2.45) is 0 Å². The number of hydrogen-bond donors (Lipinski definition) is 1. The lowest BCUT2D eigenvalue weighted by molar-refractivity contribution is -0.153. The maximum Gasteiger partial charge on any atom is 0.334 e. The van der Waals surface area contributed by atoms with Gasteiger partial charge in [-0.15, -0.1) is 6.58 Å². The van der Waals surface area contributed by atoms with E-state index in [1.54, 1.807) is 13.0 Å². The Morgan fingerprint density at radius 3 is 2.91 bits per heavy atom. The fourth-order valence-corrected chi connectivity index (χ4v) is 0.632. The zero-order valence-electron chi connectivity index (χ0n) is 6.75. The SMILES string of the molecule is C=CCCC(O)C(=O)OCC. The van der Waals surface area contributed by atoms with Gasteiger partial charge in [0.1, 0.15) is 0 Å². The lowest BCUT2D eigenvalue weighted by atomic mass is 10.2. The van der Waals surface area contributed by atoms with Crippen molar-refractivity contribution in [3.8, 4) is 0 Å². The Morgan fingerprint density at radius 2 is 2.45 bits per heavy atom. The molecule has 0 fully saturated rings. The van der Waals surface area contributed by atoms with Crippen molar-refractivity contribution >= 4 is 5.97 Å². The second-order valence-corrected chi connectivity index (χ2v) is 2.13. The monoisotopic (exact) mass is 158 g/mol. The molecule has 0 spiro atoms. The quantitative estimate of drug-likeness (QED) is 0.477. The summed E-state index contributed by atoms with van der Waals surface area (Å²) in [6, 6.07) is 0. The summed E-state index contributed by atoms with van der Waals surface area (Å²) in [6.45, 7) is 5.49. The molecule has 0 heterocycles. The van der Waals surface area contributed by atoms with Crippen molar-refractivity contribution in [2.75, 3.05) is 6.61 Å². The van der Waals surface area contributed by atoms with Crippen LogP contribution in [0.15, 0.2) is 12.7 Å². The van der Waals surface area contributed by atoms with Gasteiger partial charge in [-0.05, 0) is 19.8 Å². The molecule has 0 aliphatic heterocycles. The standard InChI is InChI=1S/C8H14O3/c1-3-5-6-7(9)8(10)11-4-2/h3,7,9H,1,4-6H2,2H3. The van der Waals surface area contributed by atoms with E-state index in [-0.39, 0.29) is 0 Å². The highest BCUT2D eigenvalue weighted by atomic mass is 16.5. The highest BCUT2D eigenvalue weighted by Gasteiger charge is 2.13. The van der Waals surface area contributed by atoms with Crippen LogP contribution >= 0.6 is 0 Å². The van der Waals surface area contributed by atoms with Gasteiger partial charge in [0.25, 0.3) is 0 Å². The van der Waals surface area contributed by atoms with E-state index >= 15 is 0 Å². The van der Waals surface area contributed by atoms with Gasteiger partial charge in [-0.3, -0.25) is 0 Å². The Kier molecular flexibility index (Phi) is 5.47. The van der Waals surface area contributed by atoms with E-state index in [0.717, 1.165) is 0 Å². The zero-order chi connectivity index (χ0) is 8.69. The van der Waals surface area contributed by atoms with Gasteiger partial charge in [0, 0.05) is 0 Å². The number of carbonyl (C=O) groups excluding carboxylic acids is 1. The molecule has 0 amide bonds. The molecule has 3 heteroatoms. The molecule has 0 aromatic rings. The summed E-state index contributed by atoms with van der Waals surface area (Å²) in [5.41, 5.74) is 0. The second kappa shape index (κ2) is 5.92. The summed E-state index contributed by atoms with van der Waals surface area (Å²) in [7, 11) is 0. The predicted molar refractivity (Wildman–Crippen MR) is 42.1 cm³/mol. The molecule has 3 nitrogen and oxygen atoms in total. The number of carbonyl (C=O) groups is 1. The minimum Gasteiger partial charge on any atom is -0.464 e. The molecule has 0 radical (unpaired) electrons. The van der Waals surface area contributed by atoms with Crippen molar-refractivity contribution in [2.45, 2.75) is 25.9 Å². The Bertz CT molecular complexity index is 131. The Hall–Kier alpha value is -0.830. The Balaban J connectivity index is 3.54. The third-order valence-corrected chi connectivity index (χ3v) is 1.20. The van der Waals surface area contributed by atoms with Gasteiger partial charge in [-0.2, -0.15) is 0 Å². The first-order valence-electron chi connectivity index (χ1n) is 3.68. The molecule has 0 saturated carbocycles. The van der Waals surface area contributed by atoms with E-state index in [9.17, 15) is 4.79 Å². The lowest BCUT2D eigenvalue weighted by Gasteiger charge is -2.06. The zero-order valence-corrected chi connectivity index (χ0v) is 6.75. The van der Waals surface area contributed by atoms with E-state index in [2.05, 4.69) is 11.3 Å². The molecule has 0 rings (SSSR count). The summed E-state index contributed by atoms with van der Waals surface area (Å²) in [4.78, 5) is 10.7. The van der Waals surface area contributed by atoms with Crippen LogP contribution in [0.1, 0.15) is 19.8 Å². The third-order valence-electron chi connectivity index (χ3n) is 1.20.